The van der Waals surface area contributed by atoms with Crippen LogP contribution in [0.2, 0.25) is 5.02 Å². The molecule has 22 heavy (non-hydrogen) atoms. The van der Waals surface area contributed by atoms with E-state index >= 15 is 0 Å². The number of rotatable bonds is 4. The van der Waals surface area contributed by atoms with E-state index in [4.69, 9.17) is 22.1 Å². The molecule has 0 aliphatic heterocycles. The highest BCUT2D eigenvalue weighted by molar-refractivity contribution is 6.31. The van der Waals surface area contributed by atoms with Crippen molar-refractivity contribution < 1.29 is 9.13 Å². The van der Waals surface area contributed by atoms with Crippen molar-refractivity contribution in [3.63, 3.8) is 0 Å². The Morgan fingerprint density at radius 1 is 1.27 bits per heavy atom. The zero-order valence-electron chi connectivity index (χ0n) is 12.6. The molecule has 0 atom stereocenters. The summed E-state index contributed by atoms with van der Waals surface area (Å²) in [5.74, 6) is 0.150. The number of pyridine rings is 1. The number of hydrogen-bond acceptors (Lipinski definition) is 3. The monoisotopic (exact) mass is 320 g/mol. The standard InChI is InChI=1S/C17H18ClFN2O/c1-17(2,22-15-8-5-11(20)9-13(15)19)16-12(18)6-7-14(21-16)10-3-4-10/h5-10H,3-4,20H2,1-2H3. The van der Waals surface area contributed by atoms with Gasteiger partial charge in [-0.2, -0.15) is 0 Å². The smallest absolute Gasteiger partial charge is 0.167 e. The van der Waals surface area contributed by atoms with Crippen LogP contribution in [0.15, 0.2) is 30.3 Å². The third kappa shape index (κ3) is 3.02. The summed E-state index contributed by atoms with van der Waals surface area (Å²) in [6.07, 6.45) is 2.31. The van der Waals surface area contributed by atoms with E-state index in [1.165, 1.54) is 12.1 Å². The van der Waals surface area contributed by atoms with Gasteiger partial charge >= 0.3 is 0 Å². The molecule has 0 radical (unpaired) electrons. The Labute approximate surface area is 134 Å². The zero-order chi connectivity index (χ0) is 15.9. The van der Waals surface area contributed by atoms with E-state index in [-0.39, 0.29) is 5.75 Å². The molecule has 1 fully saturated rings. The predicted molar refractivity (Wildman–Crippen MR) is 85.7 cm³/mol. The van der Waals surface area contributed by atoms with Gasteiger partial charge < -0.3 is 10.5 Å². The van der Waals surface area contributed by atoms with Crippen LogP contribution in [0, 0.1) is 5.82 Å². The van der Waals surface area contributed by atoms with Crippen LogP contribution in [-0.4, -0.2) is 4.98 Å². The highest BCUT2D eigenvalue weighted by atomic mass is 35.5. The molecule has 0 bridgehead atoms. The predicted octanol–water partition coefficient (Wildman–Crippen LogP) is 4.65. The van der Waals surface area contributed by atoms with Gasteiger partial charge in [-0.25, -0.2) is 4.39 Å². The lowest BCUT2D eigenvalue weighted by Crippen LogP contribution is -2.28. The minimum atomic E-state index is -0.848. The molecule has 1 aliphatic carbocycles. The fourth-order valence-corrected chi connectivity index (χ4v) is 2.74. The third-order valence-corrected chi connectivity index (χ3v) is 4.06. The van der Waals surface area contributed by atoms with Crippen molar-refractivity contribution in [2.24, 2.45) is 0 Å². The molecule has 0 amide bonds. The minimum absolute atomic E-state index is 0.133. The van der Waals surface area contributed by atoms with E-state index in [9.17, 15) is 4.39 Å². The second-order valence-corrected chi connectivity index (χ2v) is 6.55. The van der Waals surface area contributed by atoms with Gasteiger partial charge in [-0.3, -0.25) is 4.98 Å². The Balaban J connectivity index is 1.93. The van der Waals surface area contributed by atoms with Crippen molar-refractivity contribution in [2.75, 3.05) is 5.73 Å². The topological polar surface area (TPSA) is 48.1 Å². The molecular weight excluding hydrogens is 303 g/mol. The fourth-order valence-electron chi connectivity index (χ4n) is 2.41. The van der Waals surface area contributed by atoms with Crippen molar-refractivity contribution in [3.05, 3.63) is 52.6 Å². The minimum Gasteiger partial charge on any atom is -0.478 e. The molecule has 0 spiro atoms. The number of nitrogens with zero attached hydrogens (tertiary/aromatic N) is 1. The summed E-state index contributed by atoms with van der Waals surface area (Å²) in [6.45, 7) is 3.65. The summed E-state index contributed by atoms with van der Waals surface area (Å²) in [4.78, 5) is 4.65. The summed E-state index contributed by atoms with van der Waals surface area (Å²) in [5, 5.41) is 0.519. The van der Waals surface area contributed by atoms with Gasteiger partial charge in [0.1, 0.15) is 11.3 Å². The maximum Gasteiger partial charge on any atom is 0.167 e. The van der Waals surface area contributed by atoms with Gasteiger partial charge in [0, 0.05) is 23.4 Å². The lowest BCUT2D eigenvalue weighted by molar-refractivity contribution is 0.0978. The molecule has 3 rings (SSSR count). The Morgan fingerprint density at radius 2 is 2.00 bits per heavy atom. The number of benzene rings is 1. The van der Waals surface area contributed by atoms with Crippen molar-refractivity contribution >= 4 is 17.3 Å². The quantitative estimate of drug-likeness (QED) is 0.834. The van der Waals surface area contributed by atoms with Gasteiger partial charge in [-0.15, -0.1) is 0 Å². The van der Waals surface area contributed by atoms with E-state index in [0.717, 1.165) is 18.5 Å². The van der Waals surface area contributed by atoms with Crippen LogP contribution < -0.4 is 10.5 Å². The molecule has 0 saturated heterocycles. The van der Waals surface area contributed by atoms with E-state index in [2.05, 4.69) is 4.98 Å². The number of aromatic nitrogens is 1. The summed E-state index contributed by atoms with van der Waals surface area (Å²) in [6, 6.07) is 8.14. The first kappa shape index (κ1) is 15.1. The highest BCUT2D eigenvalue weighted by Gasteiger charge is 2.31. The first-order chi connectivity index (χ1) is 10.4. The number of ether oxygens (including phenoxy) is 1. The first-order valence-electron chi connectivity index (χ1n) is 7.28. The summed E-state index contributed by atoms with van der Waals surface area (Å²) < 4.78 is 19.8. The maximum absolute atomic E-state index is 14.0. The Kier molecular flexibility index (Phi) is 3.73. The van der Waals surface area contributed by atoms with Gasteiger partial charge in [0.2, 0.25) is 0 Å². The van der Waals surface area contributed by atoms with E-state index in [1.54, 1.807) is 6.07 Å². The summed E-state index contributed by atoms with van der Waals surface area (Å²) in [5.41, 5.74) is 6.71. The summed E-state index contributed by atoms with van der Waals surface area (Å²) >= 11 is 6.28. The van der Waals surface area contributed by atoms with E-state index < -0.39 is 11.4 Å². The second-order valence-electron chi connectivity index (χ2n) is 6.14. The zero-order valence-corrected chi connectivity index (χ0v) is 13.3. The lowest BCUT2D eigenvalue weighted by Gasteiger charge is -2.27. The average molecular weight is 321 g/mol. The van der Waals surface area contributed by atoms with E-state index in [0.29, 0.717) is 22.3 Å². The number of nitrogen functional groups attached to an aromatic ring is 1. The van der Waals surface area contributed by atoms with E-state index in [1.807, 2.05) is 26.0 Å². The van der Waals surface area contributed by atoms with Gasteiger partial charge in [0.15, 0.2) is 11.6 Å². The van der Waals surface area contributed by atoms with Crippen molar-refractivity contribution in [1.29, 1.82) is 0 Å². The van der Waals surface area contributed by atoms with Gasteiger partial charge in [0.05, 0.1) is 5.02 Å². The highest BCUT2D eigenvalue weighted by Crippen LogP contribution is 2.41. The number of anilines is 1. The van der Waals surface area contributed by atoms with Crippen LogP contribution in [0.25, 0.3) is 0 Å². The Morgan fingerprint density at radius 3 is 2.64 bits per heavy atom. The molecular formula is C17H18ClFN2O. The number of nitrogens with two attached hydrogens (primary N) is 1. The van der Waals surface area contributed by atoms with Crippen LogP contribution in [0.4, 0.5) is 10.1 Å². The van der Waals surface area contributed by atoms with Gasteiger partial charge in [-0.1, -0.05) is 11.6 Å². The molecule has 1 saturated carbocycles. The van der Waals surface area contributed by atoms with Crippen molar-refractivity contribution in [1.82, 2.24) is 4.98 Å². The molecule has 116 valence electrons. The normalized spacial score (nSPS) is 14.9. The molecule has 1 heterocycles. The molecule has 1 aliphatic rings. The van der Waals surface area contributed by atoms with Crippen LogP contribution in [0.5, 0.6) is 5.75 Å². The van der Waals surface area contributed by atoms with Crippen molar-refractivity contribution in [3.8, 4) is 5.75 Å². The molecule has 3 nitrogen and oxygen atoms in total. The number of halogens is 2. The molecule has 5 heteroatoms. The third-order valence-electron chi connectivity index (χ3n) is 3.75. The molecule has 1 aromatic heterocycles. The van der Waals surface area contributed by atoms with Crippen LogP contribution in [-0.2, 0) is 5.60 Å². The molecule has 0 unspecified atom stereocenters. The SMILES string of the molecule is CC(C)(Oc1ccc(N)cc1F)c1nc(C2CC2)ccc1Cl. The van der Waals surface area contributed by atoms with Crippen LogP contribution in [0.1, 0.15) is 44.0 Å². The van der Waals surface area contributed by atoms with Crippen LogP contribution in [0.3, 0.4) is 0 Å². The van der Waals surface area contributed by atoms with Crippen molar-refractivity contribution in [2.45, 2.75) is 38.2 Å². The maximum atomic E-state index is 14.0. The molecule has 2 aromatic rings. The van der Waals surface area contributed by atoms with Gasteiger partial charge in [-0.05, 0) is 51.0 Å². The Bertz CT molecular complexity index is 714. The lowest BCUT2D eigenvalue weighted by atomic mass is 10.0. The number of hydrogen-bond donors (Lipinski definition) is 1. The second kappa shape index (κ2) is 5.43. The fraction of sp³-hybridized carbons (Fsp3) is 0.353. The van der Waals surface area contributed by atoms with Crippen LogP contribution >= 0.6 is 11.6 Å². The Hall–Kier alpha value is -1.81. The van der Waals surface area contributed by atoms with Gasteiger partial charge in [0.25, 0.3) is 0 Å². The first-order valence-corrected chi connectivity index (χ1v) is 7.65. The summed E-state index contributed by atoms with van der Waals surface area (Å²) in [7, 11) is 0. The molecule has 1 aromatic carbocycles. The molecule has 2 N–H and O–H groups in total. The largest absolute Gasteiger partial charge is 0.478 e. The average Bonchev–Trinajstić information content (AvgIpc) is 3.27.